The first-order chi connectivity index (χ1) is 9.76. The molecular weight excluding hydrogens is 290 g/mol. The van der Waals surface area contributed by atoms with E-state index in [9.17, 15) is 9.59 Å². The molecule has 0 saturated carbocycles. The highest BCUT2D eigenvalue weighted by molar-refractivity contribution is 8.03. The SMILES string of the molecule is CC(C)(C)OC(=O)N1CCCC(C2CC(C(=O)O)=CS2)C1. The zero-order chi connectivity index (χ0) is 15.6. The van der Waals surface area contributed by atoms with E-state index in [1.54, 1.807) is 22.1 Å². The molecule has 1 saturated heterocycles. The number of amides is 1. The number of carbonyl (C=O) groups excluding carboxylic acids is 1. The summed E-state index contributed by atoms with van der Waals surface area (Å²) < 4.78 is 5.42. The fraction of sp³-hybridized carbons (Fsp3) is 0.733. The van der Waals surface area contributed by atoms with Gasteiger partial charge in [-0.3, -0.25) is 0 Å². The smallest absolute Gasteiger partial charge is 0.410 e. The molecule has 2 rings (SSSR count). The molecule has 6 heteroatoms. The van der Waals surface area contributed by atoms with Crippen LogP contribution in [-0.2, 0) is 9.53 Å². The summed E-state index contributed by atoms with van der Waals surface area (Å²) in [6.07, 6.45) is 2.31. The maximum Gasteiger partial charge on any atom is 0.410 e. The Labute approximate surface area is 129 Å². The summed E-state index contributed by atoms with van der Waals surface area (Å²) in [5.74, 6) is -0.492. The Kier molecular flexibility index (Phi) is 4.86. The highest BCUT2D eigenvalue weighted by atomic mass is 32.2. The lowest BCUT2D eigenvalue weighted by molar-refractivity contribution is -0.132. The third kappa shape index (κ3) is 4.40. The lowest BCUT2D eigenvalue weighted by Gasteiger charge is -2.36. The number of likely N-dealkylation sites (tertiary alicyclic amines) is 1. The predicted octanol–water partition coefficient (Wildman–Crippen LogP) is 3.11. The monoisotopic (exact) mass is 313 g/mol. The molecule has 5 nitrogen and oxygen atoms in total. The van der Waals surface area contributed by atoms with E-state index in [2.05, 4.69) is 0 Å². The van der Waals surface area contributed by atoms with Crippen LogP contribution in [0.5, 0.6) is 0 Å². The molecule has 2 atom stereocenters. The van der Waals surface area contributed by atoms with Crippen LogP contribution in [0.3, 0.4) is 0 Å². The van der Waals surface area contributed by atoms with Gasteiger partial charge in [0.05, 0.1) is 0 Å². The minimum Gasteiger partial charge on any atom is -0.478 e. The topological polar surface area (TPSA) is 66.8 Å². The molecule has 0 aromatic carbocycles. The number of carboxylic acid groups (broad SMARTS) is 1. The van der Waals surface area contributed by atoms with Crippen molar-refractivity contribution >= 4 is 23.8 Å². The molecule has 2 heterocycles. The number of aliphatic carboxylic acids is 1. The molecule has 0 bridgehead atoms. The number of carboxylic acids is 1. The molecule has 0 aliphatic carbocycles. The van der Waals surface area contributed by atoms with Crippen LogP contribution in [0, 0.1) is 5.92 Å². The number of nitrogens with zero attached hydrogens (tertiary/aromatic N) is 1. The second-order valence-corrected chi connectivity index (χ2v) is 7.77. The van der Waals surface area contributed by atoms with Gasteiger partial charge >= 0.3 is 12.1 Å². The Morgan fingerprint density at radius 3 is 2.71 bits per heavy atom. The number of ether oxygens (including phenoxy) is 1. The van der Waals surface area contributed by atoms with E-state index in [-0.39, 0.29) is 11.3 Å². The minimum absolute atomic E-state index is 0.262. The molecular formula is C15H23NO4S. The molecule has 2 aliphatic heterocycles. The number of hydrogen-bond donors (Lipinski definition) is 1. The first kappa shape index (κ1) is 16.2. The molecule has 0 aromatic rings. The maximum absolute atomic E-state index is 12.1. The molecule has 1 N–H and O–H groups in total. The summed E-state index contributed by atoms with van der Waals surface area (Å²) in [4.78, 5) is 24.9. The standard InChI is InChI=1S/C15H23NO4S/c1-15(2,3)20-14(19)16-6-4-5-10(8-16)12-7-11(9-21-12)13(17)18/h9-10,12H,4-8H2,1-3H3,(H,17,18). The highest BCUT2D eigenvalue weighted by Crippen LogP contribution is 2.38. The Bertz CT molecular complexity index is 455. The van der Waals surface area contributed by atoms with E-state index >= 15 is 0 Å². The van der Waals surface area contributed by atoms with Crippen molar-refractivity contribution < 1.29 is 19.4 Å². The summed E-state index contributed by atoms with van der Waals surface area (Å²) in [5, 5.41) is 11.0. The van der Waals surface area contributed by atoms with Crippen molar-refractivity contribution in [1.82, 2.24) is 4.90 Å². The molecule has 2 unspecified atom stereocenters. The first-order valence-corrected chi connectivity index (χ1v) is 8.26. The molecule has 0 spiro atoms. The molecule has 0 aromatic heterocycles. The van der Waals surface area contributed by atoms with Gasteiger partial charge in [-0.1, -0.05) is 0 Å². The van der Waals surface area contributed by atoms with Crippen LogP contribution >= 0.6 is 11.8 Å². The van der Waals surface area contributed by atoms with E-state index in [4.69, 9.17) is 9.84 Å². The average molecular weight is 313 g/mol. The molecule has 1 amide bonds. The van der Waals surface area contributed by atoms with Crippen LogP contribution in [0.1, 0.15) is 40.0 Å². The van der Waals surface area contributed by atoms with Gasteiger partial charge in [-0.25, -0.2) is 9.59 Å². The van der Waals surface area contributed by atoms with Gasteiger partial charge in [0.2, 0.25) is 0 Å². The van der Waals surface area contributed by atoms with Crippen LogP contribution < -0.4 is 0 Å². The second-order valence-electron chi connectivity index (χ2n) is 6.66. The minimum atomic E-state index is -0.829. The lowest BCUT2D eigenvalue weighted by Crippen LogP contribution is -2.44. The van der Waals surface area contributed by atoms with Crippen molar-refractivity contribution in [3.05, 3.63) is 11.0 Å². The van der Waals surface area contributed by atoms with Gasteiger partial charge < -0.3 is 14.7 Å². The van der Waals surface area contributed by atoms with Crippen molar-refractivity contribution in [3.8, 4) is 0 Å². The van der Waals surface area contributed by atoms with E-state index in [1.807, 2.05) is 20.8 Å². The largest absolute Gasteiger partial charge is 0.478 e. The lowest BCUT2D eigenvalue weighted by atomic mass is 9.91. The van der Waals surface area contributed by atoms with Gasteiger partial charge in [0.1, 0.15) is 5.60 Å². The molecule has 2 aliphatic rings. The summed E-state index contributed by atoms with van der Waals surface area (Å²) in [6, 6.07) is 0. The Morgan fingerprint density at radius 1 is 1.43 bits per heavy atom. The van der Waals surface area contributed by atoms with E-state index in [0.717, 1.165) is 19.4 Å². The van der Waals surface area contributed by atoms with E-state index < -0.39 is 11.6 Å². The molecule has 21 heavy (non-hydrogen) atoms. The Morgan fingerprint density at radius 2 is 2.14 bits per heavy atom. The molecule has 1 fully saturated rings. The highest BCUT2D eigenvalue weighted by Gasteiger charge is 2.34. The Balaban J connectivity index is 1.90. The summed E-state index contributed by atoms with van der Waals surface area (Å²) in [6.45, 7) is 6.97. The van der Waals surface area contributed by atoms with Crippen molar-refractivity contribution in [3.63, 3.8) is 0 Å². The summed E-state index contributed by atoms with van der Waals surface area (Å²) >= 11 is 1.59. The van der Waals surface area contributed by atoms with Gasteiger partial charge in [-0.15, -0.1) is 11.8 Å². The normalized spacial score (nSPS) is 26.4. The molecule has 118 valence electrons. The van der Waals surface area contributed by atoms with Crippen molar-refractivity contribution in [2.75, 3.05) is 13.1 Å². The van der Waals surface area contributed by atoms with Gasteiger partial charge in [-0.05, 0) is 51.4 Å². The zero-order valence-electron chi connectivity index (χ0n) is 12.8. The summed E-state index contributed by atoms with van der Waals surface area (Å²) in [5.41, 5.74) is 0.00357. The average Bonchev–Trinajstić information content (AvgIpc) is 2.86. The van der Waals surface area contributed by atoms with Crippen LogP contribution in [-0.4, -0.2) is 46.0 Å². The van der Waals surface area contributed by atoms with Gasteiger partial charge in [0, 0.05) is 23.9 Å². The van der Waals surface area contributed by atoms with Crippen molar-refractivity contribution in [2.24, 2.45) is 5.92 Å². The maximum atomic E-state index is 12.1. The van der Waals surface area contributed by atoms with Crippen LogP contribution in [0.2, 0.25) is 0 Å². The predicted molar refractivity (Wildman–Crippen MR) is 82.2 cm³/mol. The van der Waals surface area contributed by atoms with Crippen molar-refractivity contribution in [2.45, 2.75) is 50.9 Å². The number of piperidine rings is 1. The third-order valence-corrected chi connectivity index (χ3v) is 5.04. The van der Waals surface area contributed by atoms with Gasteiger partial charge in [0.15, 0.2) is 0 Å². The van der Waals surface area contributed by atoms with Gasteiger partial charge in [-0.2, -0.15) is 0 Å². The summed E-state index contributed by atoms with van der Waals surface area (Å²) in [7, 11) is 0. The van der Waals surface area contributed by atoms with E-state index in [1.165, 1.54) is 0 Å². The fourth-order valence-corrected chi connectivity index (χ4v) is 3.96. The van der Waals surface area contributed by atoms with Crippen molar-refractivity contribution in [1.29, 1.82) is 0 Å². The van der Waals surface area contributed by atoms with Gasteiger partial charge in [0.25, 0.3) is 0 Å². The molecule has 0 radical (unpaired) electrons. The second kappa shape index (κ2) is 6.30. The quantitative estimate of drug-likeness (QED) is 0.848. The fourth-order valence-electron chi connectivity index (χ4n) is 2.70. The zero-order valence-corrected chi connectivity index (χ0v) is 13.6. The number of carbonyl (C=O) groups is 2. The van der Waals surface area contributed by atoms with Crippen LogP contribution in [0.15, 0.2) is 11.0 Å². The number of rotatable bonds is 2. The third-order valence-electron chi connectivity index (χ3n) is 3.72. The van der Waals surface area contributed by atoms with E-state index in [0.29, 0.717) is 24.5 Å². The number of hydrogen-bond acceptors (Lipinski definition) is 4. The first-order valence-electron chi connectivity index (χ1n) is 7.32. The van der Waals surface area contributed by atoms with Crippen LogP contribution in [0.25, 0.3) is 0 Å². The Hall–Kier alpha value is -1.17. The van der Waals surface area contributed by atoms with Crippen LogP contribution in [0.4, 0.5) is 4.79 Å². The number of thioether (sulfide) groups is 1.